The highest BCUT2D eigenvalue weighted by atomic mass is 14.8. The van der Waals surface area contributed by atoms with E-state index in [4.69, 9.17) is 59.4 Å². The summed E-state index contributed by atoms with van der Waals surface area (Å²) in [5.41, 5.74) is 5.62. The molecule has 12 nitrogen and oxygen atoms in total. The number of nitrogens with zero attached hydrogens (tertiary/aromatic N) is 12. The van der Waals surface area contributed by atoms with Crippen LogP contribution >= 0.6 is 0 Å². The number of fused-ring (bicyclic) bond motifs is 50. The third-order valence-corrected chi connectivity index (χ3v) is 28.9. The number of pyridine rings is 5. The molecule has 0 saturated heterocycles. The molecule has 25 aromatic carbocycles. The molecule has 0 aliphatic carbocycles. The van der Waals surface area contributed by atoms with Crippen LogP contribution in [0.3, 0.4) is 0 Å². The van der Waals surface area contributed by atoms with Crippen molar-refractivity contribution in [3.8, 4) is 6.07 Å². The maximum Gasteiger partial charge on any atom is 0.202 e. The summed E-state index contributed by atoms with van der Waals surface area (Å²) in [6.45, 7) is 45.7. The number of nitriles is 1. The van der Waals surface area contributed by atoms with Crippen molar-refractivity contribution in [2.45, 2.75) is 0 Å². The Morgan fingerprint density at radius 3 is 0.792 bits per heavy atom. The van der Waals surface area contributed by atoms with Gasteiger partial charge < -0.3 is 0 Å². The first-order chi connectivity index (χ1) is 71.2. The van der Waals surface area contributed by atoms with Crippen LogP contribution in [0.2, 0.25) is 0 Å². The molecule has 0 spiro atoms. The summed E-state index contributed by atoms with van der Waals surface area (Å²) in [5.74, 6) is 0. The Bertz CT molecular complexity index is 11100. The van der Waals surface area contributed by atoms with Crippen LogP contribution in [0.4, 0.5) is 34.1 Å². The highest BCUT2D eigenvalue weighted by molar-refractivity contribution is 6.43. The van der Waals surface area contributed by atoms with E-state index in [-0.39, 0.29) is 39.7 Å². The van der Waals surface area contributed by atoms with Crippen LogP contribution in [-0.4, -0.2) is 24.9 Å². The molecule has 5 aromatic heterocycles. The second kappa shape index (κ2) is 33.9. The van der Waals surface area contributed by atoms with E-state index in [0.29, 0.717) is 10.8 Å². The fourth-order valence-electron chi connectivity index (χ4n) is 22.9. The summed E-state index contributed by atoms with van der Waals surface area (Å²) >= 11 is 0. The van der Waals surface area contributed by atoms with Crippen LogP contribution in [0.15, 0.2) is 413 Å². The molecule has 5 heterocycles. The van der Waals surface area contributed by atoms with E-state index >= 15 is 0 Å². The summed E-state index contributed by atoms with van der Waals surface area (Å²) < 4.78 is 0. The first-order valence-electron chi connectivity index (χ1n) is 47.1. The highest BCUT2D eigenvalue weighted by Gasteiger charge is 2.27. The van der Waals surface area contributed by atoms with Gasteiger partial charge in [-0.2, -0.15) is 5.26 Å². The van der Waals surface area contributed by atoms with Gasteiger partial charge in [-0.15, -0.1) is 0 Å². The van der Waals surface area contributed by atoms with Gasteiger partial charge in [0.05, 0.1) is 78.6 Å². The van der Waals surface area contributed by atoms with Gasteiger partial charge in [-0.1, -0.05) is 346 Å². The Morgan fingerprint density at radius 2 is 0.410 bits per heavy atom. The normalized spacial score (nSPS) is 11.4. The van der Waals surface area contributed by atoms with Crippen molar-refractivity contribution in [2.75, 3.05) is 0 Å². The number of aromatic nitrogens is 5. The topological polar surface area (TPSA) is 114 Å². The first kappa shape index (κ1) is 83.7. The molecule has 0 unspecified atom stereocenters. The van der Waals surface area contributed by atoms with Gasteiger partial charge in [0.15, 0.2) is 17.1 Å². The zero-order chi connectivity index (χ0) is 96.5. The standard InChI is InChI=1S/C29H11N5.C29H17N.2C25H15N.C24H10N4/c1-31-27-23-14-20-18-11-10-16-7-4-5-8-17(16)25(18)26-19(9-6-12-34-26)21(20)13-22(23)24(15-30)28(32-2)29(27)33-3;1-2-9-19-18(8-1)15-16-24-26-22-12-5-3-10-20(22)21-11-4-6-13-23(21)27(26)25-14-7-17-30-29(25)28(19)24;1-3-8-18-16(6-1)11-13-20-21-14-12-17-7-2-4-9-19(17)24(21)25-22(23(18)20)10-5-15-26-25;1-3-8-18-16(6-1)11-13-20-21-10-5-15-26-25(21)24-19-9-4-2-7-17(19)12-14-22(24)23(18)20;1-25-19-13-18-16-9-6-12-28-22(16)20-15-8-5-4-7-14(15)10-11-17(20)21(18)24(27-3)23(19)26-2/h4-14H;1-17H;2*1-15H;4-13H. The van der Waals surface area contributed by atoms with Crippen LogP contribution in [0.1, 0.15) is 5.56 Å². The smallest absolute Gasteiger partial charge is 0.202 e. The maximum atomic E-state index is 9.92. The van der Waals surface area contributed by atoms with Crippen molar-refractivity contribution < 1.29 is 0 Å². The molecule has 0 fully saturated rings. The van der Waals surface area contributed by atoms with Crippen molar-refractivity contribution in [3.05, 3.63) is 487 Å². The minimum Gasteiger partial charge on any atom is -0.262 e. The molecule has 0 amide bonds. The van der Waals surface area contributed by atoms with Crippen molar-refractivity contribution in [2.24, 2.45) is 0 Å². The average Bonchev–Trinajstić information content (AvgIpc) is 0.688. The van der Waals surface area contributed by atoms with Crippen LogP contribution in [-0.2, 0) is 0 Å². The predicted octanol–water partition coefficient (Wildman–Crippen LogP) is 37.4. The number of hydrogen-bond donors (Lipinski definition) is 0. The van der Waals surface area contributed by atoms with E-state index in [1.54, 1.807) is 18.5 Å². The van der Waals surface area contributed by atoms with Gasteiger partial charge in [-0.25, -0.2) is 0 Å². The number of hydrogen-bond acceptors (Lipinski definition) is 6. The molecule has 12 heteroatoms. The van der Waals surface area contributed by atoms with Gasteiger partial charge in [0, 0.05) is 90.2 Å². The lowest BCUT2D eigenvalue weighted by Crippen LogP contribution is -1.90. The van der Waals surface area contributed by atoms with Gasteiger partial charge in [0.2, 0.25) is 17.1 Å². The van der Waals surface area contributed by atoms with Gasteiger partial charge in [0.1, 0.15) is 0 Å². The summed E-state index contributed by atoms with van der Waals surface area (Å²) in [6.07, 6.45) is 9.25. The quantitative estimate of drug-likeness (QED) is 0.0849. The molecule has 0 saturated carbocycles. The minimum absolute atomic E-state index is 0.0642. The number of benzene rings is 25. The van der Waals surface area contributed by atoms with E-state index in [9.17, 15) is 5.26 Å². The van der Waals surface area contributed by atoms with E-state index in [1.165, 1.54) is 156 Å². The molecule has 0 aliphatic rings. The van der Waals surface area contributed by atoms with Gasteiger partial charge in [0.25, 0.3) is 0 Å². The van der Waals surface area contributed by atoms with E-state index < -0.39 is 0 Å². The Labute approximate surface area is 821 Å². The third-order valence-electron chi connectivity index (χ3n) is 28.9. The molecular weight excluding hydrogens is 1750 g/mol. The summed E-state index contributed by atoms with van der Waals surface area (Å²) in [7, 11) is 0. The lowest BCUT2D eigenvalue weighted by Gasteiger charge is -2.16. The number of rotatable bonds is 0. The zero-order valence-electron chi connectivity index (χ0n) is 76.6. The van der Waals surface area contributed by atoms with E-state index in [0.717, 1.165) is 103 Å². The van der Waals surface area contributed by atoms with Crippen LogP contribution in [0.25, 0.3) is 299 Å². The molecule has 0 aliphatic heterocycles. The Balaban J connectivity index is 0.0000000921. The fourth-order valence-corrected chi connectivity index (χ4v) is 22.9. The van der Waals surface area contributed by atoms with Crippen LogP contribution in [0, 0.1) is 50.8 Å². The van der Waals surface area contributed by atoms with Crippen molar-refractivity contribution in [1.82, 2.24) is 24.9 Å². The monoisotopic (exact) mass is 1820 g/mol. The van der Waals surface area contributed by atoms with Crippen LogP contribution < -0.4 is 0 Å². The lowest BCUT2D eigenvalue weighted by atomic mass is 9.87. The molecular formula is C132H68N12. The summed E-state index contributed by atoms with van der Waals surface area (Å²) in [4.78, 5) is 45.1. The second-order valence-electron chi connectivity index (χ2n) is 36.0. The molecule has 0 atom stereocenters. The molecule has 0 bridgehead atoms. The van der Waals surface area contributed by atoms with Crippen molar-refractivity contribution in [3.63, 3.8) is 0 Å². The molecule has 0 radical (unpaired) electrons. The largest absolute Gasteiger partial charge is 0.262 e. The second-order valence-corrected chi connectivity index (χ2v) is 36.0. The third kappa shape index (κ3) is 12.8. The molecule has 144 heavy (non-hydrogen) atoms. The summed E-state index contributed by atoms with van der Waals surface area (Å²) in [5, 5.41) is 61.2. The Hall–Kier alpha value is -20.8. The van der Waals surface area contributed by atoms with Gasteiger partial charge in [-0.05, 0) is 220 Å². The average molecular weight is 1820 g/mol. The molecule has 0 N–H and O–H groups in total. The SMILES string of the molecule is [C-]#[N+]c1c([N+]#[C-])c([N+]#[C-])c2cc3c(cc2c1C#N)c1cccnc1c1c2ccccc2ccc31.[C-]#[N+]c1cc2c3cccnc3c3c4ccccc4ccc3c2c([N+]#[C-])c1[N+]#[C-].c1ccc2c(c1)ccc1c2c2ncccc2c2c3ccccc3c3ccccc3c12.c1ccc2c(c1)ccc1c3ccc4ccccc4c3c3ncccc3c21.c1ccc2c(c1)ccc1c3cccnc3c3c4ccccc4ccc3c21. The van der Waals surface area contributed by atoms with Crippen molar-refractivity contribution in [1.29, 1.82) is 5.26 Å². The van der Waals surface area contributed by atoms with E-state index in [2.05, 4.69) is 331 Å². The van der Waals surface area contributed by atoms with Gasteiger partial charge in [-0.3, -0.25) is 54.0 Å². The predicted molar refractivity (Wildman–Crippen MR) is 601 cm³/mol. The maximum absolute atomic E-state index is 9.92. The molecule has 30 rings (SSSR count). The summed E-state index contributed by atoms with van der Waals surface area (Å²) in [6, 6.07) is 136. The molecule has 656 valence electrons. The molecule has 30 aromatic rings. The Kier molecular flexibility index (Phi) is 19.7. The Morgan fingerprint density at radius 1 is 0.160 bits per heavy atom. The minimum atomic E-state index is -0.0652. The van der Waals surface area contributed by atoms with Crippen LogP contribution in [0.5, 0.6) is 0 Å². The lowest BCUT2D eigenvalue weighted by molar-refractivity contribution is 1.43. The van der Waals surface area contributed by atoms with Gasteiger partial charge >= 0.3 is 0 Å². The van der Waals surface area contributed by atoms with Crippen molar-refractivity contribution >= 4 is 304 Å². The first-order valence-corrected chi connectivity index (χ1v) is 47.1. The fraction of sp³-hybridized carbons (Fsp3) is 0. The zero-order valence-corrected chi connectivity index (χ0v) is 76.6. The highest BCUT2D eigenvalue weighted by Crippen LogP contribution is 2.54. The van der Waals surface area contributed by atoms with E-state index in [1.807, 2.05) is 104 Å².